The van der Waals surface area contributed by atoms with E-state index < -0.39 is 5.97 Å². The van der Waals surface area contributed by atoms with Crippen molar-refractivity contribution in [2.45, 2.75) is 122 Å². The second-order valence-electron chi connectivity index (χ2n) is 7.98. The van der Waals surface area contributed by atoms with E-state index in [4.69, 9.17) is 27.1 Å². The SMILES string of the molecule is CC(=O)O.NCCCCCCCCCCCCCCCCCCCCN=C(N)N. The molecule has 0 aliphatic heterocycles. The molecule has 6 nitrogen and oxygen atoms in total. The molecule has 0 atom stereocenters. The Morgan fingerprint density at radius 3 is 1.10 bits per heavy atom. The lowest BCUT2D eigenvalue weighted by Crippen LogP contribution is -2.22. The van der Waals surface area contributed by atoms with Gasteiger partial charge < -0.3 is 22.3 Å². The van der Waals surface area contributed by atoms with Crippen LogP contribution >= 0.6 is 0 Å². The van der Waals surface area contributed by atoms with E-state index in [0.717, 1.165) is 26.4 Å². The molecule has 0 saturated carbocycles. The Hall–Kier alpha value is -1.30. The highest BCUT2D eigenvalue weighted by Crippen LogP contribution is 2.14. The third kappa shape index (κ3) is 38.0. The maximum Gasteiger partial charge on any atom is 0.300 e. The first-order valence-corrected chi connectivity index (χ1v) is 12.0. The second-order valence-corrected chi connectivity index (χ2v) is 7.98. The number of guanidine groups is 1. The number of carboxylic acids is 1. The van der Waals surface area contributed by atoms with Crippen molar-refractivity contribution in [3.05, 3.63) is 0 Å². The predicted octanol–water partition coefficient (Wildman–Crippen LogP) is 5.33. The summed E-state index contributed by atoms with van der Waals surface area (Å²) in [5.74, 6) is -0.613. The van der Waals surface area contributed by atoms with Gasteiger partial charge in [-0.3, -0.25) is 9.79 Å². The zero-order valence-electron chi connectivity index (χ0n) is 19.2. The van der Waals surface area contributed by atoms with Crippen LogP contribution in [-0.2, 0) is 4.79 Å². The summed E-state index contributed by atoms with van der Waals surface area (Å²) in [4.78, 5) is 13.0. The molecule has 0 unspecified atom stereocenters. The molecule has 0 bridgehead atoms. The number of hydrogen-bond acceptors (Lipinski definition) is 3. The van der Waals surface area contributed by atoms with Gasteiger partial charge in [-0.25, -0.2) is 0 Å². The maximum absolute atomic E-state index is 9.00. The van der Waals surface area contributed by atoms with E-state index in [1.165, 1.54) is 109 Å². The van der Waals surface area contributed by atoms with Crippen LogP contribution in [0.4, 0.5) is 0 Å². The lowest BCUT2D eigenvalue weighted by atomic mass is 10.0. The number of unbranched alkanes of at least 4 members (excludes halogenated alkanes) is 17. The first-order chi connectivity index (χ1) is 14.0. The third-order valence-corrected chi connectivity index (χ3v) is 4.91. The minimum Gasteiger partial charge on any atom is -0.481 e. The highest BCUT2D eigenvalue weighted by molar-refractivity contribution is 5.75. The Balaban J connectivity index is 0. The van der Waals surface area contributed by atoms with Crippen molar-refractivity contribution in [1.29, 1.82) is 0 Å². The summed E-state index contributed by atoms with van der Waals surface area (Å²) in [6.45, 7) is 2.73. The maximum atomic E-state index is 9.00. The van der Waals surface area contributed by atoms with Gasteiger partial charge in [-0.1, -0.05) is 103 Å². The largest absolute Gasteiger partial charge is 0.481 e. The van der Waals surface area contributed by atoms with Crippen molar-refractivity contribution in [2.24, 2.45) is 22.2 Å². The van der Waals surface area contributed by atoms with Crippen LogP contribution in [-0.4, -0.2) is 30.1 Å². The monoisotopic (exact) mass is 414 g/mol. The van der Waals surface area contributed by atoms with Crippen LogP contribution in [0.5, 0.6) is 0 Å². The summed E-state index contributed by atoms with van der Waals surface area (Å²) >= 11 is 0. The standard InChI is InChI=1S/C21H46N4.C2H4O2/c22-19-17-15-13-11-9-7-5-3-1-2-4-6-8-10-12-14-16-18-20-25-21(23)24;1-2(3)4/h1-20,22H2,(H4,23,24,25);1H3,(H,3,4). The molecule has 0 rings (SSSR count). The number of hydrogen-bond donors (Lipinski definition) is 4. The second kappa shape index (κ2) is 26.7. The van der Waals surface area contributed by atoms with Gasteiger partial charge in [-0.2, -0.15) is 0 Å². The molecule has 0 spiro atoms. The fraction of sp³-hybridized carbons (Fsp3) is 0.913. The lowest BCUT2D eigenvalue weighted by molar-refractivity contribution is -0.134. The molecule has 0 saturated heterocycles. The molecule has 29 heavy (non-hydrogen) atoms. The molecule has 0 amide bonds. The summed E-state index contributed by atoms with van der Waals surface area (Å²) in [7, 11) is 0. The van der Waals surface area contributed by atoms with E-state index in [1.54, 1.807) is 0 Å². The Morgan fingerprint density at radius 1 is 0.621 bits per heavy atom. The summed E-state index contributed by atoms with van der Waals surface area (Å²) in [6.07, 6.45) is 24.7. The van der Waals surface area contributed by atoms with Gasteiger partial charge in [0.15, 0.2) is 5.96 Å². The van der Waals surface area contributed by atoms with E-state index in [9.17, 15) is 0 Å². The highest BCUT2D eigenvalue weighted by Gasteiger charge is 1.95. The molecule has 0 aliphatic rings. The number of aliphatic carboxylic acids is 1. The molecule has 174 valence electrons. The molecule has 7 N–H and O–H groups in total. The van der Waals surface area contributed by atoms with Crippen LogP contribution in [0.1, 0.15) is 122 Å². The van der Waals surface area contributed by atoms with Crippen LogP contribution in [0.25, 0.3) is 0 Å². The van der Waals surface area contributed by atoms with E-state index in [-0.39, 0.29) is 5.96 Å². The van der Waals surface area contributed by atoms with Crippen molar-refractivity contribution >= 4 is 11.9 Å². The third-order valence-electron chi connectivity index (χ3n) is 4.91. The molecule has 0 aromatic rings. The van der Waals surface area contributed by atoms with Crippen molar-refractivity contribution < 1.29 is 9.90 Å². The van der Waals surface area contributed by atoms with Crippen LogP contribution in [0.3, 0.4) is 0 Å². The summed E-state index contributed by atoms with van der Waals surface area (Å²) in [6, 6.07) is 0. The number of nitrogens with zero attached hydrogens (tertiary/aromatic N) is 1. The molecule has 0 aliphatic carbocycles. The van der Waals surface area contributed by atoms with Crippen LogP contribution in [0.2, 0.25) is 0 Å². The fourth-order valence-corrected chi connectivity index (χ4v) is 3.29. The van der Waals surface area contributed by atoms with E-state index >= 15 is 0 Å². The van der Waals surface area contributed by atoms with Crippen LogP contribution in [0, 0.1) is 0 Å². The Kier molecular flexibility index (Phi) is 27.5. The minimum absolute atomic E-state index is 0.221. The molecule has 6 heteroatoms. The van der Waals surface area contributed by atoms with Gasteiger partial charge >= 0.3 is 0 Å². The number of aliphatic imine (C=N–C) groups is 1. The Labute approximate surface area is 180 Å². The van der Waals surface area contributed by atoms with Gasteiger partial charge in [0.2, 0.25) is 0 Å². The zero-order valence-corrected chi connectivity index (χ0v) is 19.2. The molecular weight excluding hydrogens is 364 g/mol. The first kappa shape index (κ1) is 29.9. The van der Waals surface area contributed by atoms with E-state index in [1.807, 2.05) is 0 Å². The molecule has 0 aromatic heterocycles. The van der Waals surface area contributed by atoms with Crippen molar-refractivity contribution in [3.8, 4) is 0 Å². The molecule has 0 radical (unpaired) electrons. The molecule has 0 aromatic carbocycles. The van der Waals surface area contributed by atoms with Gasteiger partial charge in [0.05, 0.1) is 0 Å². The number of rotatable bonds is 20. The van der Waals surface area contributed by atoms with Crippen molar-refractivity contribution in [1.82, 2.24) is 0 Å². The smallest absolute Gasteiger partial charge is 0.300 e. The molecule has 0 fully saturated rings. The predicted molar refractivity (Wildman–Crippen MR) is 126 cm³/mol. The summed E-state index contributed by atoms with van der Waals surface area (Å²) in [5, 5.41) is 7.42. The highest BCUT2D eigenvalue weighted by atomic mass is 16.4. The number of nitrogens with two attached hydrogens (primary N) is 3. The normalized spacial score (nSPS) is 10.3. The minimum atomic E-state index is -0.833. The lowest BCUT2D eigenvalue weighted by Gasteiger charge is -2.03. The molecule has 0 heterocycles. The van der Waals surface area contributed by atoms with Gasteiger partial charge in [0, 0.05) is 13.5 Å². The van der Waals surface area contributed by atoms with Gasteiger partial charge in [0.1, 0.15) is 0 Å². The topological polar surface area (TPSA) is 128 Å². The van der Waals surface area contributed by atoms with Gasteiger partial charge in [-0.05, 0) is 19.4 Å². The van der Waals surface area contributed by atoms with E-state index in [0.29, 0.717) is 0 Å². The van der Waals surface area contributed by atoms with Gasteiger partial charge in [0.25, 0.3) is 5.97 Å². The number of carboxylic acid groups (broad SMARTS) is 1. The molecular formula is C23H50N4O2. The van der Waals surface area contributed by atoms with Crippen LogP contribution in [0.15, 0.2) is 4.99 Å². The first-order valence-electron chi connectivity index (χ1n) is 12.0. The summed E-state index contributed by atoms with van der Waals surface area (Å²) < 4.78 is 0. The average Bonchev–Trinajstić information content (AvgIpc) is 2.66. The van der Waals surface area contributed by atoms with Crippen molar-refractivity contribution in [2.75, 3.05) is 13.1 Å². The zero-order chi connectivity index (χ0) is 22.0. The Bertz CT molecular complexity index is 355. The number of carbonyl (C=O) groups is 1. The van der Waals surface area contributed by atoms with Crippen LogP contribution < -0.4 is 17.2 Å². The van der Waals surface area contributed by atoms with E-state index in [2.05, 4.69) is 4.99 Å². The van der Waals surface area contributed by atoms with Crippen molar-refractivity contribution in [3.63, 3.8) is 0 Å². The fourth-order valence-electron chi connectivity index (χ4n) is 3.29. The summed E-state index contributed by atoms with van der Waals surface area (Å²) in [5.41, 5.74) is 16.1. The Morgan fingerprint density at radius 2 is 0.862 bits per heavy atom. The van der Waals surface area contributed by atoms with Gasteiger partial charge in [-0.15, -0.1) is 0 Å². The average molecular weight is 415 g/mol. The quantitative estimate of drug-likeness (QED) is 0.122.